The number of aliphatic hydroxyl groups excluding tert-OH is 1. The Bertz CT molecular complexity index is 1220. The first-order valence-corrected chi connectivity index (χ1v) is 12.1. The van der Waals surface area contributed by atoms with Crippen molar-refractivity contribution < 1.29 is 19.4 Å². The lowest BCUT2D eigenvalue weighted by Crippen LogP contribution is -2.39. The molecule has 1 aromatic carbocycles. The second kappa shape index (κ2) is 12.2. The number of carbonyl (C=O) groups is 1. The molecule has 1 saturated carbocycles. The molecule has 0 bridgehead atoms. The molecule has 11 heteroatoms. The number of carbonyl (C=O) groups excluding carboxylic acids is 1. The minimum Gasteiger partial charge on any atom is -0.494 e. The number of amides is 1. The minimum absolute atomic E-state index is 0.0306. The van der Waals surface area contributed by atoms with Crippen molar-refractivity contribution in [2.24, 2.45) is 5.18 Å². The summed E-state index contributed by atoms with van der Waals surface area (Å²) in [5, 5.41) is 15.9. The molecule has 2 aromatic heterocycles. The van der Waals surface area contributed by atoms with Crippen molar-refractivity contribution in [3.05, 3.63) is 70.5 Å². The Kier molecular flexibility index (Phi) is 8.57. The molecule has 1 fully saturated rings. The number of nitroso groups, excluding NO2 is 1. The molecule has 0 spiro atoms. The molecule has 37 heavy (non-hydrogen) atoms. The summed E-state index contributed by atoms with van der Waals surface area (Å²) in [6, 6.07) is 10.7. The minimum atomic E-state index is -0.316. The summed E-state index contributed by atoms with van der Waals surface area (Å²) in [6.45, 7) is 0.506. The van der Waals surface area contributed by atoms with Gasteiger partial charge in [0, 0.05) is 32.0 Å². The van der Waals surface area contributed by atoms with E-state index in [1.54, 1.807) is 30.3 Å². The highest BCUT2D eigenvalue weighted by Gasteiger charge is 2.25. The lowest BCUT2D eigenvalue weighted by molar-refractivity contribution is 0.0867. The molecule has 3 aromatic rings. The first-order valence-electron chi connectivity index (χ1n) is 12.1. The highest BCUT2D eigenvalue weighted by atomic mass is 16.5. The number of nitrogens with one attached hydrogen (secondary N) is 1. The van der Waals surface area contributed by atoms with Crippen LogP contribution in [0.3, 0.4) is 0 Å². The summed E-state index contributed by atoms with van der Waals surface area (Å²) >= 11 is 0. The number of hydrogen-bond acceptors (Lipinski definition) is 10. The quantitative estimate of drug-likeness (QED) is 0.395. The highest BCUT2D eigenvalue weighted by Crippen LogP contribution is 2.30. The SMILES string of the molecule is COc1ccc(CN(C)c2nc(OCc3ccccn3)ncc2C(=O)N[C@H]2CC[C@H](O)CC2)cc1N=O. The fraction of sp³-hybridized carbons (Fsp3) is 0.385. The van der Waals surface area contributed by atoms with Gasteiger partial charge in [0.25, 0.3) is 5.91 Å². The zero-order chi connectivity index (χ0) is 26.2. The van der Waals surface area contributed by atoms with Crippen LogP contribution in [-0.4, -0.2) is 52.3 Å². The number of nitrogens with zero attached hydrogens (tertiary/aromatic N) is 5. The highest BCUT2D eigenvalue weighted by molar-refractivity contribution is 5.98. The number of anilines is 1. The average Bonchev–Trinajstić information content (AvgIpc) is 2.93. The van der Waals surface area contributed by atoms with Crippen LogP contribution in [-0.2, 0) is 13.2 Å². The van der Waals surface area contributed by atoms with Crippen molar-refractivity contribution in [3.8, 4) is 11.8 Å². The van der Waals surface area contributed by atoms with Crippen LogP contribution in [0.15, 0.2) is 54.0 Å². The van der Waals surface area contributed by atoms with Gasteiger partial charge in [-0.25, -0.2) is 4.98 Å². The molecule has 0 atom stereocenters. The fourth-order valence-corrected chi connectivity index (χ4v) is 4.24. The molecular formula is C26H30N6O5. The number of rotatable bonds is 10. The van der Waals surface area contributed by atoms with Gasteiger partial charge >= 0.3 is 6.01 Å². The van der Waals surface area contributed by atoms with E-state index < -0.39 is 0 Å². The molecule has 4 rings (SSSR count). The molecule has 0 saturated heterocycles. The molecule has 1 amide bonds. The van der Waals surface area contributed by atoms with Gasteiger partial charge in [0.2, 0.25) is 0 Å². The normalized spacial score (nSPS) is 17.1. The van der Waals surface area contributed by atoms with Crippen LogP contribution in [0, 0.1) is 4.91 Å². The second-order valence-electron chi connectivity index (χ2n) is 8.93. The number of ether oxygens (including phenoxy) is 2. The monoisotopic (exact) mass is 506 g/mol. The number of hydrogen-bond donors (Lipinski definition) is 2. The predicted octanol–water partition coefficient (Wildman–Crippen LogP) is 3.53. The molecule has 2 heterocycles. The van der Waals surface area contributed by atoms with E-state index in [2.05, 4.69) is 25.4 Å². The standard InChI is InChI=1S/C26H30N6O5/c1-32(15-17-6-11-23(36-2)22(13-17)31-35)24-21(25(34)29-18-7-9-20(33)10-8-18)14-28-26(30-24)37-16-19-5-3-4-12-27-19/h3-6,11-14,18,20,33H,7-10,15-16H2,1-2H3,(H,29,34)/t18-,20-. The molecule has 11 nitrogen and oxygen atoms in total. The Hall–Kier alpha value is -4.12. The van der Waals surface area contributed by atoms with Crippen molar-refractivity contribution in [3.63, 3.8) is 0 Å². The van der Waals surface area contributed by atoms with E-state index in [4.69, 9.17) is 9.47 Å². The third-order valence-corrected chi connectivity index (χ3v) is 6.22. The molecule has 1 aliphatic carbocycles. The second-order valence-corrected chi connectivity index (χ2v) is 8.93. The Balaban J connectivity index is 1.57. The third-order valence-electron chi connectivity index (χ3n) is 6.22. The first kappa shape index (κ1) is 26.0. The lowest BCUT2D eigenvalue weighted by Gasteiger charge is -2.27. The first-order chi connectivity index (χ1) is 18.0. The van der Waals surface area contributed by atoms with Gasteiger partial charge in [0.05, 0.1) is 18.9 Å². The van der Waals surface area contributed by atoms with E-state index in [9.17, 15) is 14.8 Å². The van der Waals surface area contributed by atoms with Crippen molar-refractivity contribution in [1.82, 2.24) is 20.3 Å². The number of aliphatic hydroxyl groups is 1. The van der Waals surface area contributed by atoms with Gasteiger partial charge in [-0.2, -0.15) is 4.98 Å². The lowest BCUT2D eigenvalue weighted by atomic mass is 9.93. The van der Waals surface area contributed by atoms with Crippen LogP contribution in [0.4, 0.5) is 11.5 Å². The molecule has 2 N–H and O–H groups in total. The smallest absolute Gasteiger partial charge is 0.318 e. The largest absolute Gasteiger partial charge is 0.494 e. The van der Waals surface area contributed by atoms with Crippen LogP contribution < -0.4 is 19.7 Å². The summed E-state index contributed by atoms with van der Waals surface area (Å²) in [5.41, 5.74) is 1.98. The Morgan fingerprint density at radius 2 is 2.00 bits per heavy atom. The van der Waals surface area contributed by atoms with Gasteiger partial charge in [-0.3, -0.25) is 9.78 Å². The number of aromatic nitrogens is 3. The van der Waals surface area contributed by atoms with E-state index in [0.717, 1.165) is 11.3 Å². The van der Waals surface area contributed by atoms with E-state index in [1.807, 2.05) is 24.3 Å². The third kappa shape index (κ3) is 6.76. The number of benzene rings is 1. The van der Waals surface area contributed by atoms with E-state index in [1.165, 1.54) is 13.3 Å². The van der Waals surface area contributed by atoms with Crippen LogP contribution >= 0.6 is 0 Å². The molecule has 0 aliphatic heterocycles. The topological polar surface area (TPSA) is 139 Å². The van der Waals surface area contributed by atoms with E-state index in [0.29, 0.717) is 49.4 Å². The van der Waals surface area contributed by atoms with Crippen molar-refractivity contribution in [2.75, 3.05) is 19.1 Å². The maximum Gasteiger partial charge on any atom is 0.318 e. The zero-order valence-corrected chi connectivity index (χ0v) is 20.8. The molecule has 194 valence electrons. The van der Waals surface area contributed by atoms with Gasteiger partial charge in [-0.05, 0) is 60.7 Å². The Morgan fingerprint density at radius 3 is 2.70 bits per heavy atom. The van der Waals surface area contributed by atoms with Gasteiger partial charge in [0.1, 0.15) is 29.4 Å². The van der Waals surface area contributed by atoms with Crippen LogP contribution in [0.1, 0.15) is 47.3 Å². The fourth-order valence-electron chi connectivity index (χ4n) is 4.24. The summed E-state index contributed by atoms with van der Waals surface area (Å²) in [7, 11) is 3.26. The van der Waals surface area contributed by atoms with Gasteiger partial charge < -0.3 is 24.8 Å². The molecule has 1 aliphatic rings. The van der Waals surface area contributed by atoms with Crippen LogP contribution in [0.25, 0.3) is 0 Å². The van der Waals surface area contributed by atoms with Gasteiger partial charge in [0.15, 0.2) is 0 Å². The van der Waals surface area contributed by atoms with E-state index in [-0.39, 0.29) is 36.4 Å². The number of methoxy groups -OCH3 is 1. The predicted molar refractivity (Wildman–Crippen MR) is 137 cm³/mol. The van der Waals surface area contributed by atoms with Gasteiger partial charge in [-0.15, -0.1) is 4.91 Å². The maximum absolute atomic E-state index is 13.2. The molecule has 0 unspecified atom stereocenters. The molecular weight excluding hydrogens is 476 g/mol. The van der Waals surface area contributed by atoms with Crippen molar-refractivity contribution in [2.45, 2.75) is 51.0 Å². The van der Waals surface area contributed by atoms with Crippen molar-refractivity contribution in [1.29, 1.82) is 0 Å². The van der Waals surface area contributed by atoms with Gasteiger partial charge in [-0.1, -0.05) is 12.1 Å². The summed E-state index contributed by atoms with van der Waals surface area (Å²) in [5.74, 6) is 0.451. The number of pyridine rings is 1. The Morgan fingerprint density at radius 1 is 1.19 bits per heavy atom. The summed E-state index contributed by atoms with van der Waals surface area (Å²) in [6.07, 6.45) is 5.52. The van der Waals surface area contributed by atoms with E-state index >= 15 is 0 Å². The van der Waals surface area contributed by atoms with Crippen LogP contribution in [0.5, 0.6) is 11.8 Å². The average molecular weight is 507 g/mol. The van der Waals surface area contributed by atoms with Crippen LogP contribution in [0.2, 0.25) is 0 Å². The zero-order valence-electron chi connectivity index (χ0n) is 20.8. The maximum atomic E-state index is 13.2. The van der Waals surface area contributed by atoms with Crippen molar-refractivity contribution >= 4 is 17.4 Å². The molecule has 0 radical (unpaired) electrons. The Labute approximate surface area is 214 Å². The summed E-state index contributed by atoms with van der Waals surface area (Å²) in [4.78, 5) is 39.3. The summed E-state index contributed by atoms with van der Waals surface area (Å²) < 4.78 is 10.9.